The van der Waals surface area contributed by atoms with E-state index in [1.807, 2.05) is 0 Å². The van der Waals surface area contributed by atoms with Gasteiger partial charge in [-0.25, -0.2) is 0 Å². The molecule has 0 bridgehead atoms. The topological polar surface area (TPSA) is 3.24 Å². The van der Waals surface area contributed by atoms with Gasteiger partial charge in [0.1, 0.15) is 0 Å². The highest BCUT2D eigenvalue weighted by atomic mass is 15.1. The van der Waals surface area contributed by atoms with Crippen LogP contribution >= 0.6 is 0 Å². The van der Waals surface area contributed by atoms with Crippen molar-refractivity contribution in [2.75, 3.05) is 4.90 Å². The molecule has 270 valence electrons. The minimum absolute atomic E-state index is 0.263. The summed E-state index contributed by atoms with van der Waals surface area (Å²) in [5, 5.41) is 2.52. The first-order valence-corrected chi connectivity index (χ1v) is 20.0. The number of fused-ring (bicyclic) bond motifs is 7. The summed E-state index contributed by atoms with van der Waals surface area (Å²) in [5.41, 5.74) is 18.4. The Hall–Kier alpha value is -6.96. The first-order valence-electron chi connectivity index (χ1n) is 20.0. The van der Waals surface area contributed by atoms with E-state index in [1.165, 1.54) is 83.2 Å². The Morgan fingerprint density at radius 2 is 0.860 bits per heavy atom. The lowest BCUT2D eigenvalue weighted by Gasteiger charge is -2.31. The predicted octanol–water partition coefficient (Wildman–Crippen LogP) is 14.6. The summed E-state index contributed by atoms with van der Waals surface area (Å²) in [6.07, 6.45) is 0. The molecule has 2 aliphatic rings. The molecule has 0 N–H and O–H groups in total. The standard InChI is InChI=1S/C56H41N/c1-55(40-19-5-3-6-20-40)49-27-13-11-24-46(49)48-37-43(35-36-51(48)55)57(42-33-31-39(32-34-42)45-26-15-18-38-17-9-10-23-44(38)45)53-30-16-29-52-54(53)47-25-12-14-28-50(47)56(52,2)41-21-7-4-8-22-41/h3-37H,1-2H3. The van der Waals surface area contributed by atoms with Crippen LogP contribution in [0.5, 0.6) is 0 Å². The third-order valence-corrected chi connectivity index (χ3v) is 13.0. The lowest BCUT2D eigenvalue weighted by atomic mass is 9.74. The monoisotopic (exact) mass is 727 g/mol. The second kappa shape index (κ2) is 12.8. The van der Waals surface area contributed by atoms with Gasteiger partial charge in [0.2, 0.25) is 0 Å². The number of benzene rings is 9. The molecule has 0 spiro atoms. The Morgan fingerprint density at radius 3 is 1.60 bits per heavy atom. The van der Waals surface area contributed by atoms with E-state index in [0.29, 0.717) is 0 Å². The third-order valence-electron chi connectivity index (χ3n) is 13.0. The molecule has 0 saturated carbocycles. The van der Waals surface area contributed by atoms with E-state index < -0.39 is 0 Å². The fourth-order valence-electron chi connectivity index (χ4n) is 10.2. The van der Waals surface area contributed by atoms with Crippen LogP contribution in [0.1, 0.15) is 47.2 Å². The van der Waals surface area contributed by atoms with Gasteiger partial charge in [-0.1, -0.05) is 182 Å². The second-order valence-corrected chi connectivity index (χ2v) is 15.9. The molecule has 57 heavy (non-hydrogen) atoms. The summed E-state index contributed by atoms with van der Waals surface area (Å²) in [6.45, 7) is 4.79. The minimum atomic E-state index is -0.304. The maximum Gasteiger partial charge on any atom is 0.0543 e. The zero-order chi connectivity index (χ0) is 38.1. The molecule has 0 aromatic heterocycles. The van der Waals surface area contributed by atoms with Gasteiger partial charge >= 0.3 is 0 Å². The van der Waals surface area contributed by atoms with Crippen molar-refractivity contribution in [1.29, 1.82) is 0 Å². The zero-order valence-electron chi connectivity index (χ0n) is 32.2. The second-order valence-electron chi connectivity index (χ2n) is 15.9. The molecule has 0 saturated heterocycles. The van der Waals surface area contributed by atoms with Gasteiger partial charge in [-0.15, -0.1) is 0 Å². The average Bonchev–Trinajstić information content (AvgIpc) is 3.71. The van der Waals surface area contributed by atoms with Crippen LogP contribution in [-0.2, 0) is 10.8 Å². The van der Waals surface area contributed by atoms with Gasteiger partial charge in [0.05, 0.1) is 5.69 Å². The Kier molecular flexibility index (Phi) is 7.50. The molecule has 2 unspecified atom stereocenters. The van der Waals surface area contributed by atoms with E-state index in [4.69, 9.17) is 0 Å². The normalized spacial score (nSPS) is 17.4. The molecule has 1 heteroatoms. The SMILES string of the molecule is CC1(c2ccccc2)c2ccccc2-c2cc(N(c3ccc(-c4cccc5ccccc45)cc3)c3cccc4c3-c3ccccc3C4(C)c3ccccc3)ccc21. The van der Waals surface area contributed by atoms with Crippen LogP contribution in [0, 0.1) is 0 Å². The Labute approximate surface area is 335 Å². The molecule has 0 radical (unpaired) electrons. The van der Waals surface area contributed by atoms with Crippen molar-refractivity contribution in [1.82, 2.24) is 0 Å². The quantitative estimate of drug-likeness (QED) is 0.165. The summed E-state index contributed by atoms with van der Waals surface area (Å²) in [7, 11) is 0. The highest BCUT2D eigenvalue weighted by molar-refractivity contribution is 5.99. The molecule has 0 fully saturated rings. The van der Waals surface area contributed by atoms with Crippen molar-refractivity contribution in [2.45, 2.75) is 24.7 Å². The summed E-state index contributed by atoms with van der Waals surface area (Å²) in [5.74, 6) is 0. The van der Waals surface area contributed by atoms with E-state index in [0.717, 1.165) is 11.4 Å². The van der Waals surface area contributed by atoms with E-state index >= 15 is 0 Å². The van der Waals surface area contributed by atoms with E-state index in [2.05, 4.69) is 231 Å². The summed E-state index contributed by atoms with van der Waals surface area (Å²) < 4.78 is 0. The number of rotatable bonds is 6. The zero-order valence-corrected chi connectivity index (χ0v) is 32.2. The maximum absolute atomic E-state index is 2.50. The molecule has 9 aromatic carbocycles. The van der Waals surface area contributed by atoms with Gasteiger partial charge in [-0.2, -0.15) is 0 Å². The van der Waals surface area contributed by atoms with Crippen LogP contribution in [-0.4, -0.2) is 0 Å². The van der Waals surface area contributed by atoms with Crippen molar-refractivity contribution < 1.29 is 0 Å². The Morgan fingerprint density at radius 1 is 0.351 bits per heavy atom. The summed E-state index contributed by atoms with van der Waals surface area (Å²) >= 11 is 0. The van der Waals surface area contributed by atoms with Crippen LogP contribution in [0.4, 0.5) is 17.1 Å². The number of nitrogens with zero attached hydrogens (tertiary/aromatic N) is 1. The van der Waals surface area contributed by atoms with Gasteiger partial charge in [0.25, 0.3) is 0 Å². The lowest BCUT2D eigenvalue weighted by Crippen LogP contribution is -2.22. The maximum atomic E-state index is 2.50. The van der Waals surface area contributed by atoms with E-state index in [9.17, 15) is 0 Å². The Balaban J connectivity index is 1.15. The van der Waals surface area contributed by atoms with Crippen LogP contribution in [0.2, 0.25) is 0 Å². The highest BCUT2D eigenvalue weighted by Crippen LogP contribution is 2.58. The van der Waals surface area contributed by atoms with Gasteiger partial charge in [-0.05, 0) is 116 Å². The lowest BCUT2D eigenvalue weighted by molar-refractivity contribution is 0.713. The van der Waals surface area contributed by atoms with Crippen LogP contribution in [0.3, 0.4) is 0 Å². The van der Waals surface area contributed by atoms with Crippen molar-refractivity contribution >= 4 is 27.8 Å². The molecule has 2 aliphatic carbocycles. The Bertz CT molecular complexity index is 2980. The fraction of sp³-hybridized carbons (Fsp3) is 0.0714. The molecule has 2 atom stereocenters. The van der Waals surface area contributed by atoms with Crippen molar-refractivity contribution in [3.05, 3.63) is 246 Å². The van der Waals surface area contributed by atoms with Crippen LogP contribution in [0.25, 0.3) is 44.2 Å². The molecule has 0 amide bonds. The van der Waals surface area contributed by atoms with Gasteiger partial charge in [-0.3, -0.25) is 0 Å². The minimum Gasteiger partial charge on any atom is -0.310 e. The average molecular weight is 728 g/mol. The summed E-state index contributed by atoms with van der Waals surface area (Å²) in [4.78, 5) is 2.50. The van der Waals surface area contributed by atoms with Crippen molar-refractivity contribution in [2.24, 2.45) is 0 Å². The van der Waals surface area contributed by atoms with Crippen LogP contribution in [0.15, 0.2) is 212 Å². The first-order chi connectivity index (χ1) is 28.0. The number of anilines is 3. The van der Waals surface area contributed by atoms with Gasteiger partial charge in [0.15, 0.2) is 0 Å². The van der Waals surface area contributed by atoms with Crippen molar-refractivity contribution in [3.63, 3.8) is 0 Å². The fourth-order valence-corrected chi connectivity index (χ4v) is 10.2. The first kappa shape index (κ1) is 33.4. The number of hydrogen-bond acceptors (Lipinski definition) is 1. The van der Waals surface area contributed by atoms with Crippen LogP contribution < -0.4 is 4.90 Å². The van der Waals surface area contributed by atoms with Gasteiger partial charge < -0.3 is 4.90 Å². The number of hydrogen-bond donors (Lipinski definition) is 0. The molecule has 1 nitrogen and oxygen atoms in total. The predicted molar refractivity (Wildman–Crippen MR) is 239 cm³/mol. The van der Waals surface area contributed by atoms with Crippen molar-refractivity contribution in [3.8, 4) is 33.4 Å². The molecule has 0 aliphatic heterocycles. The largest absolute Gasteiger partial charge is 0.310 e. The highest BCUT2D eigenvalue weighted by Gasteiger charge is 2.43. The van der Waals surface area contributed by atoms with E-state index in [-0.39, 0.29) is 10.8 Å². The van der Waals surface area contributed by atoms with E-state index in [1.54, 1.807) is 0 Å². The molecular weight excluding hydrogens is 687 g/mol. The summed E-state index contributed by atoms with van der Waals surface area (Å²) in [6, 6.07) is 78.6. The molecule has 9 aromatic rings. The molecular formula is C56H41N. The van der Waals surface area contributed by atoms with Gasteiger partial charge in [0, 0.05) is 27.8 Å². The third kappa shape index (κ3) is 4.89. The molecule has 0 heterocycles. The smallest absolute Gasteiger partial charge is 0.0543 e. The molecule has 11 rings (SSSR count).